The molecule has 110 valence electrons. The van der Waals surface area contributed by atoms with Crippen molar-refractivity contribution in [1.82, 2.24) is 5.32 Å². The fourth-order valence-corrected chi connectivity index (χ4v) is 3.94. The summed E-state index contributed by atoms with van der Waals surface area (Å²) >= 11 is 1.49. The average Bonchev–Trinajstić information content (AvgIpc) is 3.08. The second-order valence-electron chi connectivity index (χ2n) is 5.56. The van der Waals surface area contributed by atoms with Gasteiger partial charge in [0.2, 0.25) is 0 Å². The van der Waals surface area contributed by atoms with E-state index in [2.05, 4.69) is 11.4 Å². The first-order chi connectivity index (χ1) is 10.2. The fourth-order valence-electron chi connectivity index (χ4n) is 2.83. The number of carbonyl (C=O) groups is 1. The first-order valence-corrected chi connectivity index (χ1v) is 8.22. The predicted molar refractivity (Wildman–Crippen MR) is 89.9 cm³/mol. The molecular weight excluding hydrogens is 280 g/mol. The number of benzene rings is 1. The predicted octanol–water partition coefficient (Wildman–Crippen LogP) is 4.02. The summed E-state index contributed by atoms with van der Waals surface area (Å²) in [5, 5.41) is 3.99. The Morgan fingerprint density at radius 2 is 2.29 bits per heavy atom. The van der Waals surface area contributed by atoms with E-state index in [9.17, 15) is 4.79 Å². The highest BCUT2D eigenvalue weighted by molar-refractivity contribution is 7.21. The lowest BCUT2D eigenvalue weighted by Crippen LogP contribution is -2.24. The van der Waals surface area contributed by atoms with Crippen LogP contribution in [0.5, 0.6) is 0 Å². The van der Waals surface area contributed by atoms with Crippen LogP contribution in [0.4, 0.5) is 5.69 Å². The molecule has 21 heavy (non-hydrogen) atoms. The number of thiophene rings is 1. The van der Waals surface area contributed by atoms with Gasteiger partial charge in [-0.25, -0.2) is 0 Å². The first kappa shape index (κ1) is 14.1. The molecule has 1 aliphatic carbocycles. The maximum atomic E-state index is 12.3. The fraction of sp³-hybridized carbons (Fsp3) is 0.353. The van der Waals surface area contributed by atoms with E-state index in [0.717, 1.165) is 16.5 Å². The summed E-state index contributed by atoms with van der Waals surface area (Å²) in [5.41, 5.74) is 9.38. The molecule has 0 aliphatic heterocycles. The molecule has 2 aromatic rings. The monoisotopic (exact) mass is 300 g/mol. The highest BCUT2D eigenvalue weighted by atomic mass is 32.1. The van der Waals surface area contributed by atoms with Crippen LogP contribution in [0.3, 0.4) is 0 Å². The molecule has 1 heterocycles. The van der Waals surface area contributed by atoms with Crippen LogP contribution in [-0.4, -0.2) is 12.5 Å². The zero-order valence-corrected chi connectivity index (χ0v) is 13.1. The number of aryl methyl sites for hydroxylation is 1. The molecule has 0 bridgehead atoms. The molecule has 3 rings (SSSR count). The van der Waals surface area contributed by atoms with Crippen LogP contribution >= 0.6 is 11.3 Å². The number of nitrogens with one attached hydrogen (secondary N) is 1. The molecule has 0 radical (unpaired) electrons. The van der Waals surface area contributed by atoms with Crippen molar-refractivity contribution < 1.29 is 4.79 Å². The minimum Gasteiger partial charge on any atom is -0.397 e. The summed E-state index contributed by atoms with van der Waals surface area (Å²) in [5.74, 6) is -0.0494. The smallest absolute Gasteiger partial charge is 0.263 e. The number of hydrogen-bond acceptors (Lipinski definition) is 3. The Kier molecular flexibility index (Phi) is 3.97. The number of carbonyl (C=O) groups excluding carboxylic acids is 1. The number of hydrogen-bond donors (Lipinski definition) is 2. The summed E-state index contributed by atoms with van der Waals surface area (Å²) in [4.78, 5) is 13.0. The SMILES string of the molecule is Cc1cccc2c(N)c(C(=O)NCCC3=CCCC3)sc12. The van der Waals surface area contributed by atoms with Crippen LogP contribution in [0.25, 0.3) is 10.1 Å². The number of allylic oxidation sites excluding steroid dienone is 1. The van der Waals surface area contributed by atoms with Gasteiger partial charge in [0.15, 0.2) is 0 Å². The van der Waals surface area contributed by atoms with Gasteiger partial charge >= 0.3 is 0 Å². The molecule has 0 atom stereocenters. The number of nitrogen functional groups attached to an aromatic ring is 1. The standard InChI is InChI=1S/C17H20N2OS/c1-11-5-4-8-13-14(18)16(21-15(11)13)17(20)19-10-9-12-6-2-3-7-12/h4-6,8H,2-3,7,9-10,18H2,1H3,(H,19,20). The van der Waals surface area contributed by atoms with E-state index in [1.807, 2.05) is 25.1 Å². The molecule has 0 spiro atoms. The van der Waals surface area contributed by atoms with Crippen molar-refractivity contribution in [2.75, 3.05) is 12.3 Å². The van der Waals surface area contributed by atoms with Crippen molar-refractivity contribution >= 4 is 33.0 Å². The molecule has 3 N–H and O–H groups in total. The zero-order chi connectivity index (χ0) is 14.8. The summed E-state index contributed by atoms with van der Waals surface area (Å²) < 4.78 is 1.11. The Labute approximate surface area is 128 Å². The second kappa shape index (κ2) is 5.90. The van der Waals surface area contributed by atoms with Crippen molar-refractivity contribution in [3.8, 4) is 0 Å². The molecule has 0 unspecified atom stereocenters. The summed E-state index contributed by atoms with van der Waals surface area (Å²) in [6.45, 7) is 2.74. The van der Waals surface area contributed by atoms with Gasteiger partial charge in [0.05, 0.1) is 5.69 Å². The number of fused-ring (bicyclic) bond motifs is 1. The molecule has 1 aliphatic rings. The Morgan fingerprint density at radius 3 is 3.00 bits per heavy atom. The van der Waals surface area contributed by atoms with Gasteiger partial charge in [-0.15, -0.1) is 11.3 Å². The Balaban J connectivity index is 1.72. The zero-order valence-electron chi connectivity index (χ0n) is 12.2. The lowest BCUT2D eigenvalue weighted by atomic mass is 10.1. The van der Waals surface area contributed by atoms with Gasteiger partial charge in [0.25, 0.3) is 5.91 Å². The van der Waals surface area contributed by atoms with Crippen molar-refractivity contribution in [1.29, 1.82) is 0 Å². The number of amides is 1. The van der Waals surface area contributed by atoms with E-state index >= 15 is 0 Å². The summed E-state index contributed by atoms with van der Waals surface area (Å²) in [6, 6.07) is 6.01. The molecule has 1 amide bonds. The van der Waals surface area contributed by atoms with Crippen LogP contribution < -0.4 is 11.1 Å². The van der Waals surface area contributed by atoms with Gasteiger partial charge in [0.1, 0.15) is 4.88 Å². The molecule has 1 aromatic carbocycles. The van der Waals surface area contributed by atoms with Crippen LogP contribution in [0, 0.1) is 6.92 Å². The Hall–Kier alpha value is -1.81. The van der Waals surface area contributed by atoms with Crippen LogP contribution in [0.2, 0.25) is 0 Å². The molecule has 1 aromatic heterocycles. The molecular formula is C17H20N2OS. The highest BCUT2D eigenvalue weighted by Crippen LogP contribution is 2.35. The minimum atomic E-state index is -0.0494. The van der Waals surface area contributed by atoms with E-state index in [4.69, 9.17) is 5.73 Å². The number of nitrogens with two attached hydrogens (primary N) is 1. The normalized spacial score (nSPS) is 14.4. The van der Waals surface area contributed by atoms with Crippen molar-refractivity contribution in [3.05, 3.63) is 40.3 Å². The largest absolute Gasteiger partial charge is 0.397 e. The third kappa shape index (κ3) is 2.81. The maximum Gasteiger partial charge on any atom is 0.263 e. The number of rotatable bonds is 4. The molecule has 0 saturated carbocycles. The Morgan fingerprint density at radius 1 is 1.43 bits per heavy atom. The average molecular weight is 300 g/mol. The van der Waals surface area contributed by atoms with E-state index in [1.165, 1.54) is 41.7 Å². The van der Waals surface area contributed by atoms with E-state index in [1.54, 1.807) is 0 Å². The van der Waals surface area contributed by atoms with Gasteiger partial charge in [0, 0.05) is 16.6 Å². The molecule has 4 heteroatoms. The van der Waals surface area contributed by atoms with Crippen molar-refractivity contribution in [2.24, 2.45) is 0 Å². The van der Waals surface area contributed by atoms with Gasteiger partial charge in [-0.3, -0.25) is 4.79 Å². The van der Waals surface area contributed by atoms with Gasteiger partial charge in [-0.2, -0.15) is 0 Å². The quantitative estimate of drug-likeness (QED) is 0.838. The van der Waals surface area contributed by atoms with Crippen LogP contribution in [0.1, 0.15) is 40.9 Å². The van der Waals surface area contributed by atoms with Gasteiger partial charge in [-0.1, -0.05) is 29.8 Å². The van der Waals surface area contributed by atoms with E-state index in [0.29, 0.717) is 17.1 Å². The summed E-state index contributed by atoms with van der Waals surface area (Å²) in [7, 11) is 0. The van der Waals surface area contributed by atoms with Crippen LogP contribution in [-0.2, 0) is 0 Å². The summed E-state index contributed by atoms with van der Waals surface area (Å²) in [6.07, 6.45) is 6.87. The van der Waals surface area contributed by atoms with Gasteiger partial charge < -0.3 is 11.1 Å². The lowest BCUT2D eigenvalue weighted by Gasteiger charge is -2.05. The maximum absolute atomic E-state index is 12.3. The topological polar surface area (TPSA) is 55.1 Å². The third-order valence-electron chi connectivity index (χ3n) is 4.02. The molecule has 3 nitrogen and oxygen atoms in total. The van der Waals surface area contributed by atoms with Crippen LogP contribution in [0.15, 0.2) is 29.8 Å². The molecule has 0 saturated heterocycles. The van der Waals surface area contributed by atoms with E-state index in [-0.39, 0.29) is 5.91 Å². The van der Waals surface area contributed by atoms with Gasteiger partial charge in [-0.05, 0) is 38.2 Å². The Bertz CT molecular complexity index is 715. The second-order valence-corrected chi connectivity index (χ2v) is 6.58. The van der Waals surface area contributed by atoms with E-state index < -0.39 is 0 Å². The highest BCUT2D eigenvalue weighted by Gasteiger charge is 2.17. The third-order valence-corrected chi connectivity index (χ3v) is 5.38. The van der Waals surface area contributed by atoms with Crippen molar-refractivity contribution in [3.63, 3.8) is 0 Å². The number of anilines is 1. The lowest BCUT2D eigenvalue weighted by molar-refractivity contribution is 0.0959. The van der Waals surface area contributed by atoms with Crippen molar-refractivity contribution in [2.45, 2.75) is 32.6 Å². The molecule has 0 fully saturated rings. The minimum absolute atomic E-state index is 0.0494. The first-order valence-electron chi connectivity index (χ1n) is 7.40.